The molecule has 7 heteroatoms. The molecule has 1 aliphatic heterocycles. The third-order valence-electron chi connectivity index (χ3n) is 5.15. The molecule has 0 unspecified atom stereocenters. The van der Waals surface area contributed by atoms with Crippen molar-refractivity contribution in [3.05, 3.63) is 54.6 Å². The average Bonchev–Trinajstić information content (AvgIpc) is 2.77. The zero-order valence-corrected chi connectivity index (χ0v) is 16.8. The molecule has 29 heavy (non-hydrogen) atoms. The summed E-state index contributed by atoms with van der Waals surface area (Å²) in [7, 11) is 1.61. The average molecular weight is 396 g/mol. The number of primary amides is 1. The fourth-order valence-electron chi connectivity index (χ4n) is 3.45. The Morgan fingerprint density at radius 1 is 1.00 bits per heavy atom. The zero-order valence-electron chi connectivity index (χ0n) is 16.8. The van der Waals surface area contributed by atoms with Gasteiger partial charge in [0.05, 0.1) is 13.7 Å². The first kappa shape index (κ1) is 20.5. The van der Waals surface area contributed by atoms with Crippen molar-refractivity contribution in [2.24, 2.45) is 5.73 Å². The lowest BCUT2D eigenvalue weighted by Gasteiger charge is -2.37. The number of rotatable bonds is 8. The first-order chi connectivity index (χ1) is 14.1. The first-order valence-corrected chi connectivity index (χ1v) is 9.82. The standard InChI is InChI=1S/C22H28N4O3/c1-29-20-9-7-19(8-10-20)26(12-11-21(23)27)17-22(28)25-15-13-24(14-16-25)18-5-3-2-4-6-18/h2-10H,11-17H2,1H3,(H2,23,27). The molecule has 1 fully saturated rings. The lowest BCUT2D eigenvalue weighted by atomic mass is 10.2. The molecule has 3 rings (SSSR count). The SMILES string of the molecule is COc1ccc(N(CCC(N)=O)CC(=O)N2CCN(c3ccccc3)CC2)cc1. The Kier molecular flexibility index (Phi) is 6.94. The van der Waals surface area contributed by atoms with Gasteiger partial charge in [-0.2, -0.15) is 0 Å². The lowest BCUT2D eigenvalue weighted by molar-refractivity contribution is -0.130. The van der Waals surface area contributed by atoms with Crippen LogP contribution in [-0.2, 0) is 9.59 Å². The van der Waals surface area contributed by atoms with E-state index in [9.17, 15) is 9.59 Å². The lowest BCUT2D eigenvalue weighted by Crippen LogP contribution is -2.51. The number of amides is 2. The predicted molar refractivity (Wildman–Crippen MR) is 114 cm³/mol. The van der Waals surface area contributed by atoms with E-state index in [0.717, 1.165) is 24.5 Å². The van der Waals surface area contributed by atoms with Gasteiger partial charge >= 0.3 is 0 Å². The quantitative estimate of drug-likeness (QED) is 0.735. The van der Waals surface area contributed by atoms with Gasteiger partial charge in [-0.15, -0.1) is 0 Å². The second-order valence-corrected chi connectivity index (χ2v) is 7.04. The largest absolute Gasteiger partial charge is 0.497 e. The van der Waals surface area contributed by atoms with Crippen LogP contribution in [0.5, 0.6) is 5.75 Å². The Balaban J connectivity index is 1.61. The van der Waals surface area contributed by atoms with E-state index in [1.165, 1.54) is 5.69 Å². The number of nitrogens with two attached hydrogens (primary N) is 1. The minimum atomic E-state index is -0.382. The highest BCUT2D eigenvalue weighted by molar-refractivity contribution is 5.82. The highest BCUT2D eigenvalue weighted by Gasteiger charge is 2.23. The van der Waals surface area contributed by atoms with Crippen LogP contribution in [-0.4, -0.2) is 63.1 Å². The molecule has 0 aromatic heterocycles. The van der Waals surface area contributed by atoms with Crippen molar-refractivity contribution in [1.82, 2.24) is 4.90 Å². The van der Waals surface area contributed by atoms with Gasteiger partial charge in [-0.05, 0) is 36.4 Å². The number of carbonyl (C=O) groups is 2. The number of carbonyl (C=O) groups excluding carboxylic acids is 2. The van der Waals surface area contributed by atoms with E-state index in [2.05, 4.69) is 17.0 Å². The minimum Gasteiger partial charge on any atom is -0.497 e. The molecular formula is C22H28N4O3. The molecular weight excluding hydrogens is 368 g/mol. The molecule has 2 aromatic rings. The molecule has 0 spiro atoms. The number of ether oxygens (including phenoxy) is 1. The number of methoxy groups -OCH3 is 1. The summed E-state index contributed by atoms with van der Waals surface area (Å²) in [6, 6.07) is 17.7. The van der Waals surface area contributed by atoms with Gasteiger partial charge in [0.15, 0.2) is 0 Å². The second-order valence-electron chi connectivity index (χ2n) is 7.04. The Labute approximate surface area is 171 Å². The Morgan fingerprint density at radius 3 is 2.24 bits per heavy atom. The van der Waals surface area contributed by atoms with Gasteiger partial charge < -0.3 is 25.2 Å². The predicted octanol–water partition coefficient (Wildman–Crippen LogP) is 1.73. The number of piperazine rings is 1. The van der Waals surface area contributed by atoms with Crippen LogP contribution < -0.4 is 20.3 Å². The van der Waals surface area contributed by atoms with Gasteiger partial charge in [-0.1, -0.05) is 18.2 Å². The molecule has 0 aliphatic carbocycles. The number of benzene rings is 2. The van der Waals surface area contributed by atoms with Crippen molar-refractivity contribution < 1.29 is 14.3 Å². The molecule has 0 saturated carbocycles. The van der Waals surface area contributed by atoms with Gasteiger partial charge in [-0.25, -0.2) is 0 Å². The number of hydrogen-bond donors (Lipinski definition) is 1. The first-order valence-electron chi connectivity index (χ1n) is 9.82. The van der Waals surface area contributed by atoms with Crippen LogP contribution in [0, 0.1) is 0 Å². The van der Waals surface area contributed by atoms with Gasteiger partial charge in [0, 0.05) is 50.5 Å². The normalized spacial score (nSPS) is 13.8. The number of hydrogen-bond acceptors (Lipinski definition) is 5. The fourth-order valence-corrected chi connectivity index (χ4v) is 3.45. The van der Waals surface area contributed by atoms with E-state index < -0.39 is 0 Å². The topological polar surface area (TPSA) is 79.1 Å². The Bertz CT molecular complexity index is 803. The van der Waals surface area contributed by atoms with Gasteiger partial charge in [-0.3, -0.25) is 9.59 Å². The molecule has 1 aliphatic rings. The van der Waals surface area contributed by atoms with Crippen molar-refractivity contribution in [1.29, 1.82) is 0 Å². The summed E-state index contributed by atoms with van der Waals surface area (Å²) in [5.41, 5.74) is 7.37. The molecule has 154 valence electrons. The molecule has 1 heterocycles. The fraction of sp³-hybridized carbons (Fsp3) is 0.364. The van der Waals surface area contributed by atoms with Crippen molar-refractivity contribution >= 4 is 23.2 Å². The van der Waals surface area contributed by atoms with Crippen molar-refractivity contribution in [2.45, 2.75) is 6.42 Å². The van der Waals surface area contributed by atoms with E-state index in [-0.39, 0.29) is 24.8 Å². The summed E-state index contributed by atoms with van der Waals surface area (Å²) >= 11 is 0. The monoisotopic (exact) mass is 396 g/mol. The zero-order chi connectivity index (χ0) is 20.6. The summed E-state index contributed by atoms with van der Waals surface area (Å²) in [4.78, 5) is 30.3. The minimum absolute atomic E-state index is 0.0537. The number of para-hydroxylation sites is 1. The maximum absolute atomic E-state index is 12.9. The smallest absolute Gasteiger partial charge is 0.242 e. The maximum atomic E-state index is 12.9. The van der Waals surface area contributed by atoms with Crippen LogP contribution in [0.1, 0.15) is 6.42 Å². The maximum Gasteiger partial charge on any atom is 0.242 e. The van der Waals surface area contributed by atoms with Crippen LogP contribution in [0.4, 0.5) is 11.4 Å². The Hall–Kier alpha value is -3.22. The van der Waals surface area contributed by atoms with Gasteiger partial charge in [0.1, 0.15) is 5.75 Å². The highest BCUT2D eigenvalue weighted by Crippen LogP contribution is 2.20. The van der Waals surface area contributed by atoms with Crippen LogP contribution in [0.15, 0.2) is 54.6 Å². The third-order valence-corrected chi connectivity index (χ3v) is 5.15. The summed E-state index contributed by atoms with van der Waals surface area (Å²) in [6.45, 7) is 3.58. The van der Waals surface area contributed by atoms with Crippen molar-refractivity contribution in [3.63, 3.8) is 0 Å². The van der Waals surface area contributed by atoms with E-state index in [1.807, 2.05) is 52.3 Å². The van der Waals surface area contributed by atoms with E-state index >= 15 is 0 Å². The van der Waals surface area contributed by atoms with Crippen molar-refractivity contribution in [3.8, 4) is 5.75 Å². The van der Waals surface area contributed by atoms with E-state index in [0.29, 0.717) is 19.6 Å². The van der Waals surface area contributed by atoms with Gasteiger partial charge in [0.2, 0.25) is 11.8 Å². The summed E-state index contributed by atoms with van der Waals surface area (Å²) in [6.07, 6.45) is 0.196. The van der Waals surface area contributed by atoms with Crippen molar-refractivity contribution in [2.75, 3.05) is 56.2 Å². The summed E-state index contributed by atoms with van der Waals surface area (Å²) < 4.78 is 5.20. The van der Waals surface area contributed by atoms with E-state index in [1.54, 1.807) is 7.11 Å². The summed E-state index contributed by atoms with van der Waals surface area (Å²) in [5, 5.41) is 0. The van der Waals surface area contributed by atoms with Crippen LogP contribution in [0.3, 0.4) is 0 Å². The molecule has 0 radical (unpaired) electrons. The summed E-state index contributed by atoms with van der Waals surface area (Å²) in [5.74, 6) is 0.414. The van der Waals surface area contributed by atoms with Crippen LogP contribution in [0.25, 0.3) is 0 Å². The molecule has 2 N–H and O–H groups in total. The second kappa shape index (κ2) is 9.82. The molecule has 0 atom stereocenters. The number of anilines is 2. The highest BCUT2D eigenvalue weighted by atomic mass is 16.5. The van der Waals surface area contributed by atoms with Crippen LogP contribution in [0.2, 0.25) is 0 Å². The third kappa shape index (κ3) is 5.63. The molecule has 2 aromatic carbocycles. The molecule has 0 bridgehead atoms. The Morgan fingerprint density at radius 2 is 1.66 bits per heavy atom. The molecule has 2 amide bonds. The van der Waals surface area contributed by atoms with Gasteiger partial charge in [0.25, 0.3) is 0 Å². The molecule has 7 nitrogen and oxygen atoms in total. The van der Waals surface area contributed by atoms with Crippen LogP contribution >= 0.6 is 0 Å². The molecule has 1 saturated heterocycles. The van der Waals surface area contributed by atoms with E-state index in [4.69, 9.17) is 10.5 Å². The number of nitrogens with zero attached hydrogens (tertiary/aromatic N) is 3.